The average Bonchev–Trinajstić information content (AvgIpc) is 2.08. The Labute approximate surface area is 64.5 Å². The largest absolute Gasteiger partial charge is 0.497 e. The molecule has 0 aliphatic heterocycles. The van der Waals surface area contributed by atoms with Gasteiger partial charge >= 0.3 is 0 Å². The summed E-state index contributed by atoms with van der Waals surface area (Å²) in [7, 11) is 1.54. The van der Waals surface area contributed by atoms with Crippen LogP contribution in [0, 0.1) is 0 Å². The zero-order valence-corrected chi connectivity index (χ0v) is 6.15. The van der Waals surface area contributed by atoms with Crippen molar-refractivity contribution in [3.8, 4) is 11.6 Å². The Morgan fingerprint density at radius 3 is 2.64 bits per heavy atom. The van der Waals surface area contributed by atoms with Gasteiger partial charge in [0.15, 0.2) is 0 Å². The molecule has 0 spiro atoms. The average molecular weight is 155 g/mol. The van der Waals surface area contributed by atoms with Crippen LogP contribution in [0.3, 0.4) is 0 Å². The van der Waals surface area contributed by atoms with Crippen LogP contribution in [-0.2, 0) is 4.79 Å². The van der Waals surface area contributed by atoms with Crippen molar-refractivity contribution in [2.24, 2.45) is 0 Å². The smallest absolute Gasteiger partial charge is 0.214 e. The van der Waals surface area contributed by atoms with E-state index in [1.54, 1.807) is 6.07 Å². The Balaban J connectivity index is 0.000000461. The molecule has 11 heavy (non-hydrogen) atoms. The molecule has 0 radical (unpaired) electrons. The second kappa shape index (κ2) is 5.22. The molecule has 1 heterocycles. The van der Waals surface area contributed by atoms with Crippen LogP contribution in [0.2, 0.25) is 0 Å². The molecule has 0 bridgehead atoms. The summed E-state index contributed by atoms with van der Waals surface area (Å²) in [6, 6.07) is 3.11. The predicted octanol–water partition coefficient (Wildman–Crippen LogP) is 0.611. The second-order valence-electron chi connectivity index (χ2n) is 1.55. The molecular weight excluding hydrogens is 146 g/mol. The zero-order chi connectivity index (χ0) is 8.69. The summed E-state index contributed by atoms with van der Waals surface area (Å²) in [5.41, 5.74) is 0. The van der Waals surface area contributed by atoms with Crippen molar-refractivity contribution in [3.05, 3.63) is 18.3 Å². The molecule has 1 aromatic rings. The number of hydrogen-bond acceptors (Lipinski definition) is 4. The molecular formula is C7H9NO3. The Morgan fingerprint density at radius 1 is 1.64 bits per heavy atom. The van der Waals surface area contributed by atoms with Crippen LogP contribution in [0.25, 0.3) is 0 Å². The van der Waals surface area contributed by atoms with Gasteiger partial charge in [-0.3, -0.25) is 0 Å². The SMILES string of the molecule is C=O.COc1ccnc(O)c1. The molecule has 0 atom stereocenters. The van der Waals surface area contributed by atoms with Crippen molar-refractivity contribution in [2.45, 2.75) is 0 Å². The zero-order valence-electron chi connectivity index (χ0n) is 6.15. The quantitative estimate of drug-likeness (QED) is 0.645. The first-order chi connectivity index (χ1) is 5.33. The third kappa shape index (κ3) is 3.20. The van der Waals surface area contributed by atoms with E-state index in [0.717, 1.165) is 0 Å². The van der Waals surface area contributed by atoms with Crippen molar-refractivity contribution in [1.82, 2.24) is 4.98 Å². The number of hydrogen-bond donors (Lipinski definition) is 1. The molecule has 0 aromatic carbocycles. The fraction of sp³-hybridized carbons (Fsp3) is 0.143. The maximum Gasteiger partial charge on any atom is 0.214 e. The van der Waals surface area contributed by atoms with Gasteiger partial charge in [0.25, 0.3) is 0 Å². The van der Waals surface area contributed by atoms with Crippen molar-refractivity contribution in [2.75, 3.05) is 7.11 Å². The molecule has 0 unspecified atom stereocenters. The summed E-state index contributed by atoms with van der Waals surface area (Å²) < 4.78 is 4.80. The van der Waals surface area contributed by atoms with Gasteiger partial charge < -0.3 is 14.6 Å². The van der Waals surface area contributed by atoms with Gasteiger partial charge in [-0.15, -0.1) is 0 Å². The Morgan fingerprint density at radius 2 is 2.27 bits per heavy atom. The fourth-order valence-corrected chi connectivity index (χ4v) is 0.527. The summed E-state index contributed by atoms with van der Waals surface area (Å²) in [4.78, 5) is 11.6. The minimum absolute atomic E-state index is 0.0191. The molecule has 0 saturated carbocycles. The van der Waals surface area contributed by atoms with Gasteiger partial charge in [-0.05, 0) is 6.07 Å². The maximum atomic E-state index is 8.75. The number of aromatic nitrogens is 1. The van der Waals surface area contributed by atoms with E-state index in [4.69, 9.17) is 14.6 Å². The van der Waals surface area contributed by atoms with Gasteiger partial charge in [0.2, 0.25) is 5.88 Å². The molecule has 0 fully saturated rings. The van der Waals surface area contributed by atoms with Gasteiger partial charge in [-0.1, -0.05) is 0 Å². The summed E-state index contributed by atoms with van der Waals surface area (Å²) in [6.07, 6.45) is 1.48. The normalized spacial score (nSPS) is 7.73. The van der Waals surface area contributed by atoms with Crippen LogP contribution in [0.4, 0.5) is 0 Å². The van der Waals surface area contributed by atoms with E-state index < -0.39 is 0 Å². The summed E-state index contributed by atoms with van der Waals surface area (Å²) in [5.74, 6) is 0.594. The number of ether oxygens (including phenoxy) is 1. The minimum atomic E-state index is -0.0191. The molecule has 60 valence electrons. The van der Waals surface area contributed by atoms with E-state index in [9.17, 15) is 0 Å². The number of carbonyl (C=O) groups is 1. The molecule has 0 aliphatic rings. The lowest BCUT2D eigenvalue weighted by Gasteiger charge is -1.96. The Bertz CT molecular complexity index is 215. The molecule has 1 N–H and O–H groups in total. The van der Waals surface area contributed by atoms with Gasteiger partial charge in [-0.25, -0.2) is 4.98 Å². The molecule has 4 nitrogen and oxygen atoms in total. The first-order valence-corrected chi connectivity index (χ1v) is 2.81. The van der Waals surface area contributed by atoms with Crippen molar-refractivity contribution in [1.29, 1.82) is 0 Å². The summed E-state index contributed by atoms with van der Waals surface area (Å²) in [6.45, 7) is 2.00. The minimum Gasteiger partial charge on any atom is -0.497 e. The third-order valence-electron chi connectivity index (χ3n) is 0.953. The van der Waals surface area contributed by atoms with Crippen LogP contribution in [0.5, 0.6) is 11.6 Å². The molecule has 0 amide bonds. The van der Waals surface area contributed by atoms with Gasteiger partial charge in [0.1, 0.15) is 12.5 Å². The van der Waals surface area contributed by atoms with Crippen molar-refractivity contribution >= 4 is 6.79 Å². The standard InChI is InChI=1S/C6H7NO2.CH2O/c1-9-5-2-3-7-6(8)4-5;1-2/h2-4H,1H3,(H,7,8);1H2. The van der Waals surface area contributed by atoms with E-state index in [1.165, 1.54) is 19.4 Å². The van der Waals surface area contributed by atoms with E-state index in [1.807, 2.05) is 6.79 Å². The van der Waals surface area contributed by atoms with Gasteiger partial charge in [0, 0.05) is 12.3 Å². The summed E-state index contributed by atoms with van der Waals surface area (Å²) >= 11 is 0. The lowest BCUT2D eigenvalue weighted by Crippen LogP contribution is -1.81. The van der Waals surface area contributed by atoms with E-state index in [-0.39, 0.29) is 5.88 Å². The molecule has 1 aromatic heterocycles. The number of carbonyl (C=O) groups excluding carboxylic acids is 1. The lowest BCUT2D eigenvalue weighted by atomic mass is 10.4. The first-order valence-electron chi connectivity index (χ1n) is 2.81. The predicted molar refractivity (Wildman–Crippen MR) is 39.6 cm³/mol. The number of methoxy groups -OCH3 is 1. The molecule has 0 aliphatic carbocycles. The highest BCUT2D eigenvalue weighted by Gasteiger charge is 1.90. The fourth-order valence-electron chi connectivity index (χ4n) is 0.527. The Hall–Kier alpha value is -1.58. The van der Waals surface area contributed by atoms with Gasteiger partial charge in [-0.2, -0.15) is 0 Å². The highest BCUT2D eigenvalue weighted by Crippen LogP contribution is 2.12. The van der Waals surface area contributed by atoms with Crippen LogP contribution < -0.4 is 4.74 Å². The second-order valence-corrected chi connectivity index (χ2v) is 1.55. The van der Waals surface area contributed by atoms with Crippen molar-refractivity contribution in [3.63, 3.8) is 0 Å². The van der Waals surface area contributed by atoms with Crippen LogP contribution in [0.15, 0.2) is 18.3 Å². The van der Waals surface area contributed by atoms with Crippen LogP contribution in [-0.4, -0.2) is 24.0 Å². The van der Waals surface area contributed by atoms with Crippen LogP contribution >= 0.6 is 0 Å². The van der Waals surface area contributed by atoms with Gasteiger partial charge in [0.05, 0.1) is 7.11 Å². The number of rotatable bonds is 1. The Kier molecular flexibility index (Phi) is 4.47. The third-order valence-corrected chi connectivity index (χ3v) is 0.953. The molecule has 0 saturated heterocycles. The summed E-state index contributed by atoms with van der Waals surface area (Å²) in [5, 5.41) is 8.75. The number of aromatic hydroxyl groups is 1. The van der Waals surface area contributed by atoms with E-state index >= 15 is 0 Å². The highest BCUT2D eigenvalue weighted by molar-refractivity contribution is 5.24. The van der Waals surface area contributed by atoms with E-state index in [0.29, 0.717) is 5.75 Å². The molecule has 1 rings (SSSR count). The van der Waals surface area contributed by atoms with Crippen LogP contribution in [0.1, 0.15) is 0 Å². The molecule has 4 heteroatoms. The number of pyridine rings is 1. The van der Waals surface area contributed by atoms with Crippen molar-refractivity contribution < 1.29 is 14.6 Å². The monoisotopic (exact) mass is 155 g/mol. The maximum absolute atomic E-state index is 8.75. The first kappa shape index (κ1) is 9.42. The topological polar surface area (TPSA) is 59.4 Å². The number of nitrogens with zero attached hydrogens (tertiary/aromatic N) is 1. The lowest BCUT2D eigenvalue weighted by molar-refractivity contribution is -0.0979. The van der Waals surface area contributed by atoms with E-state index in [2.05, 4.69) is 4.98 Å². The highest BCUT2D eigenvalue weighted by atomic mass is 16.5.